The van der Waals surface area contributed by atoms with Gasteiger partial charge in [0.1, 0.15) is 11.6 Å². The Morgan fingerprint density at radius 3 is 2.47 bits per heavy atom. The third-order valence-corrected chi connectivity index (χ3v) is 3.58. The van der Waals surface area contributed by atoms with Crippen molar-refractivity contribution in [3.05, 3.63) is 34.9 Å². The van der Waals surface area contributed by atoms with E-state index < -0.39 is 11.6 Å². The summed E-state index contributed by atoms with van der Waals surface area (Å²) in [7, 11) is 0. The van der Waals surface area contributed by atoms with Crippen molar-refractivity contribution in [2.24, 2.45) is 5.73 Å². The van der Waals surface area contributed by atoms with E-state index in [-0.39, 0.29) is 5.41 Å². The van der Waals surface area contributed by atoms with E-state index in [9.17, 15) is 8.78 Å². The number of hydrogen-bond donors (Lipinski definition) is 1. The smallest absolute Gasteiger partial charge is 0.129 e. The van der Waals surface area contributed by atoms with Crippen LogP contribution in [0, 0.1) is 18.6 Å². The molecule has 1 aromatic rings. The van der Waals surface area contributed by atoms with Crippen molar-refractivity contribution in [2.45, 2.75) is 31.6 Å². The molecule has 1 aliphatic rings. The summed E-state index contributed by atoms with van der Waals surface area (Å²) in [5.74, 6) is -0.974. The second kappa shape index (κ2) is 3.56. The summed E-state index contributed by atoms with van der Waals surface area (Å²) in [4.78, 5) is 0. The third kappa shape index (κ3) is 1.55. The predicted molar refractivity (Wildman–Crippen MR) is 55.7 cm³/mol. The van der Waals surface area contributed by atoms with Crippen LogP contribution in [0.2, 0.25) is 0 Å². The van der Waals surface area contributed by atoms with Crippen LogP contribution < -0.4 is 5.73 Å². The van der Waals surface area contributed by atoms with Crippen molar-refractivity contribution in [1.29, 1.82) is 0 Å². The topological polar surface area (TPSA) is 26.0 Å². The molecule has 0 radical (unpaired) electrons. The van der Waals surface area contributed by atoms with E-state index in [0.29, 0.717) is 12.1 Å². The van der Waals surface area contributed by atoms with Crippen LogP contribution in [0.3, 0.4) is 0 Å². The molecule has 0 saturated heterocycles. The lowest BCUT2D eigenvalue weighted by Gasteiger charge is -2.42. The van der Waals surface area contributed by atoms with Crippen molar-refractivity contribution in [3.8, 4) is 0 Å². The number of benzene rings is 1. The van der Waals surface area contributed by atoms with Gasteiger partial charge in [-0.1, -0.05) is 6.42 Å². The van der Waals surface area contributed by atoms with Crippen LogP contribution in [-0.2, 0) is 5.41 Å². The van der Waals surface area contributed by atoms with Gasteiger partial charge in [0.25, 0.3) is 0 Å². The normalized spacial score (nSPS) is 18.7. The Morgan fingerprint density at radius 1 is 1.33 bits per heavy atom. The van der Waals surface area contributed by atoms with Crippen molar-refractivity contribution < 1.29 is 8.78 Å². The molecular formula is C12H15F2N. The second-order valence-electron chi connectivity index (χ2n) is 4.40. The lowest BCUT2D eigenvalue weighted by atomic mass is 9.63. The minimum atomic E-state index is -0.507. The Bertz CT molecular complexity index is 378. The van der Waals surface area contributed by atoms with Gasteiger partial charge in [-0.3, -0.25) is 0 Å². The van der Waals surface area contributed by atoms with Gasteiger partial charge in [0.15, 0.2) is 0 Å². The van der Waals surface area contributed by atoms with Crippen molar-refractivity contribution in [1.82, 2.24) is 0 Å². The van der Waals surface area contributed by atoms with Gasteiger partial charge in [-0.2, -0.15) is 0 Å². The largest absolute Gasteiger partial charge is 0.330 e. The van der Waals surface area contributed by atoms with Crippen LogP contribution in [0.25, 0.3) is 0 Å². The number of hydrogen-bond acceptors (Lipinski definition) is 1. The SMILES string of the molecule is Cc1c(F)cc(F)cc1C1(CN)CCC1. The van der Waals surface area contributed by atoms with E-state index in [1.807, 2.05) is 0 Å². The molecule has 1 saturated carbocycles. The van der Waals surface area contributed by atoms with Crippen molar-refractivity contribution in [3.63, 3.8) is 0 Å². The lowest BCUT2D eigenvalue weighted by molar-refractivity contribution is 0.250. The van der Waals surface area contributed by atoms with Gasteiger partial charge in [-0.25, -0.2) is 8.78 Å². The molecule has 0 unspecified atom stereocenters. The fourth-order valence-corrected chi connectivity index (χ4v) is 2.38. The zero-order valence-corrected chi connectivity index (χ0v) is 8.82. The molecule has 0 bridgehead atoms. The Morgan fingerprint density at radius 2 is 2.00 bits per heavy atom. The van der Waals surface area contributed by atoms with E-state index in [1.54, 1.807) is 6.92 Å². The molecule has 0 heterocycles. The van der Waals surface area contributed by atoms with E-state index >= 15 is 0 Å². The minimum absolute atomic E-state index is 0.174. The van der Waals surface area contributed by atoms with Crippen LogP contribution in [0.4, 0.5) is 8.78 Å². The second-order valence-corrected chi connectivity index (χ2v) is 4.40. The zero-order valence-electron chi connectivity index (χ0n) is 8.82. The molecule has 1 aliphatic carbocycles. The Kier molecular flexibility index (Phi) is 2.51. The first-order valence-corrected chi connectivity index (χ1v) is 5.25. The average molecular weight is 211 g/mol. The van der Waals surface area contributed by atoms with E-state index in [1.165, 1.54) is 6.07 Å². The van der Waals surface area contributed by atoms with Crippen LogP contribution >= 0.6 is 0 Å². The Hall–Kier alpha value is -0.960. The van der Waals surface area contributed by atoms with Crippen LogP contribution in [0.15, 0.2) is 12.1 Å². The molecule has 0 amide bonds. The van der Waals surface area contributed by atoms with Crippen LogP contribution in [-0.4, -0.2) is 6.54 Å². The molecule has 0 aromatic heterocycles. The predicted octanol–water partition coefficient (Wildman–Crippen LogP) is 2.65. The molecule has 0 spiro atoms. The highest BCUT2D eigenvalue weighted by molar-refractivity contribution is 5.37. The standard InChI is InChI=1S/C12H15F2N/c1-8-10(5-9(13)6-11(8)14)12(7-15)3-2-4-12/h5-6H,2-4,7,15H2,1H3. The highest BCUT2D eigenvalue weighted by Gasteiger charge is 2.39. The molecule has 2 rings (SSSR count). The maximum Gasteiger partial charge on any atom is 0.129 e. The molecular weight excluding hydrogens is 196 g/mol. The maximum atomic E-state index is 13.4. The zero-order chi connectivity index (χ0) is 11.1. The molecule has 3 heteroatoms. The summed E-state index contributed by atoms with van der Waals surface area (Å²) in [6, 6.07) is 2.37. The Labute approximate surface area is 88.3 Å². The van der Waals surface area contributed by atoms with Crippen LogP contribution in [0.5, 0.6) is 0 Å². The third-order valence-electron chi connectivity index (χ3n) is 3.58. The molecule has 15 heavy (non-hydrogen) atoms. The summed E-state index contributed by atoms with van der Waals surface area (Å²) < 4.78 is 26.5. The first kappa shape index (κ1) is 10.6. The van der Waals surface area contributed by atoms with E-state index in [2.05, 4.69) is 0 Å². The first-order chi connectivity index (χ1) is 7.09. The summed E-state index contributed by atoms with van der Waals surface area (Å²) in [5, 5.41) is 0. The molecule has 1 aromatic carbocycles. The minimum Gasteiger partial charge on any atom is -0.330 e. The van der Waals surface area contributed by atoms with Crippen LogP contribution in [0.1, 0.15) is 30.4 Å². The lowest BCUT2D eigenvalue weighted by Crippen LogP contribution is -2.42. The van der Waals surface area contributed by atoms with E-state index in [4.69, 9.17) is 5.73 Å². The quantitative estimate of drug-likeness (QED) is 0.799. The van der Waals surface area contributed by atoms with E-state index in [0.717, 1.165) is 30.9 Å². The van der Waals surface area contributed by atoms with Gasteiger partial charge in [-0.05, 0) is 37.0 Å². The fourth-order valence-electron chi connectivity index (χ4n) is 2.38. The summed E-state index contributed by atoms with van der Waals surface area (Å²) >= 11 is 0. The highest BCUT2D eigenvalue weighted by Crippen LogP contribution is 2.44. The number of nitrogens with two attached hydrogens (primary N) is 1. The molecule has 0 aliphatic heterocycles. The van der Waals surface area contributed by atoms with Crippen molar-refractivity contribution in [2.75, 3.05) is 6.54 Å². The summed E-state index contributed by atoms with van der Waals surface area (Å²) in [6.45, 7) is 2.16. The van der Waals surface area contributed by atoms with Gasteiger partial charge >= 0.3 is 0 Å². The highest BCUT2D eigenvalue weighted by atomic mass is 19.1. The average Bonchev–Trinajstić information content (AvgIpc) is 2.12. The first-order valence-electron chi connectivity index (χ1n) is 5.25. The van der Waals surface area contributed by atoms with Gasteiger partial charge in [0.2, 0.25) is 0 Å². The fraction of sp³-hybridized carbons (Fsp3) is 0.500. The summed E-state index contributed by atoms with van der Waals surface area (Å²) in [6.07, 6.45) is 2.97. The summed E-state index contributed by atoms with van der Waals surface area (Å²) in [5.41, 5.74) is 6.85. The molecule has 82 valence electrons. The molecule has 1 fully saturated rings. The molecule has 1 nitrogen and oxygen atoms in total. The van der Waals surface area contributed by atoms with Crippen molar-refractivity contribution >= 4 is 0 Å². The van der Waals surface area contributed by atoms with Gasteiger partial charge < -0.3 is 5.73 Å². The monoisotopic (exact) mass is 211 g/mol. The number of halogens is 2. The maximum absolute atomic E-state index is 13.4. The molecule has 2 N–H and O–H groups in total. The number of rotatable bonds is 2. The molecule has 0 atom stereocenters. The van der Waals surface area contributed by atoms with Gasteiger partial charge in [0.05, 0.1) is 0 Å². The Balaban J connectivity index is 2.51. The van der Waals surface area contributed by atoms with Gasteiger partial charge in [0, 0.05) is 18.0 Å². The van der Waals surface area contributed by atoms with Gasteiger partial charge in [-0.15, -0.1) is 0 Å².